The van der Waals surface area contributed by atoms with Crippen molar-refractivity contribution in [2.75, 3.05) is 6.54 Å². The van der Waals surface area contributed by atoms with Gasteiger partial charge in [0.2, 0.25) is 0 Å². The number of carbonyl (C=O) groups is 2. The van der Waals surface area contributed by atoms with Crippen LogP contribution in [0.15, 0.2) is 18.2 Å². The highest BCUT2D eigenvalue weighted by Crippen LogP contribution is 2.23. The lowest BCUT2D eigenvalue weighted by Gasteiger charge is -2.32. The fourth-order valence-corrected chi connectivity index (χ4v) is 1.72. The summed E-state index contributed by atoms with van der Waals surface area (Å²) in [6.45, 7) is 4.72. The van der Waals surface area contributed by atoms with Gasteiger partial charge in [0, 0.05) is 10.6 Å². The number of carbonyl (C=O) groups excluding carboxylic acids is 1. The Kier molecular flexibility index (Phi) is 4.42. The number of aromatic hydroxyl groups is 1. The number of Topliss-reactive ketones (excluding diaryl/α,β-unsaturated/α-hetero) is 1. The van der Waals surface area contributed by atoms with Crippen LogP contribution in [0.25, 0.3) is 0 Å². The number of amides is 1. The van der Waals surface area contributed by atoms with Crippen LogP contribution in [0.4, 0.5) is 4.79 Å². The molecule has 0 fully saturated rings. The van der Waals surface area contributed by atoms with Gasteiger partial charge in [-0.2, -0.15) is 0 Å². The maximum absolute atomic E-state index is 12.1. The highest BCUT2D eigenvalue weighted by atomic mass is 35.5. The number of halogens is 1. The fraction of sp³-hybridized carbons (Fsp3) is 0.385. The van der Waals surface area contributed by atoms with E-state index in [-0.39, 0.29) is 17.9 Å². The summed E-state index contributed by atoms with van der Waals surface area (Å²) in [6, 6.07) is 4.08. The Morgan fingerprint density at radius 1 is 1.32 bits per heavy atom. The van der Waals surface area contributed by atoms with Gasteiger partial charge in [0.05, 0.1) is 12.1 Å². The van der Waals surface area contributed by atoms with Crippen LogP contribution in [0.5, 0.6) is 5.75 Å². The standard InChI is InChI=1S/C13H16ClNO4/c1-13(2,3)15(12(18)19)7-11(17)9-6-8(14)4-5-10(9)16/h4-6,16H,7H2,1-3H3,(H,18,19). The van der Waals surface area contributed by atoms with E-state index in [1.807, 2.05) is 0 Å². The lowest BCUT2D eigenvalue weighted by Crippen LogP contribution is -2.47. The number of benzene rings is 1. The van der Waals surface area contributed by atoms with E-state index in [0.29, 0.717) is 5.02 Å². The first-order valence-electron chi connectivity index (χ1n) is 5.65. The van der Waals surface area contributed by atoms with E-state index in [9.17, 15) is 14.7 Å². The summed E-state index contributed by atoms with van der Waals surface area (Å²) in [5.41, 5.74) is -0.696. The summed E-state index contributed by atoms with van der Waals surface area (Å²) >= 11 is 5.76. The van der Waals surface area contributed by atoms with Crippen molar-refractivity contribution in [3.63, 3.8) is 0 Å². The van der Waals surface area contributed by atoms with E-state index in [1.165, 1.54) is 18.2 Å². The Balaban J connectivity index is 3.01. The highest BCUT2D eigenvalue weighted by molar-refractivity contribution is 6.31. The minimum atomic E-state index is -1.19. The molecule has 0 aliphatic rings. The van der Waals surface area contributed by atoms with Crippen LogP contribution in [0.3, 0.4) is 0 Å². The van der Waals surface area contributed by atoms with Crippen molar-refractivity contribution in [2.24, 2.45) is 0 Å². The molecular formula is C13H16ClNO4. The van der Waals surface area contributed by atoms with Crippen LogP contribution in [-0.4, -0.2) is 39.1 Å². The summed E-state index contributed by atoms with van der Waals surface area (Å²) in [4.78, 5) is 24.2. The van der Waals surface area contributed by atoms with Crippen LogP contribution >= 0.6 is 11.6 Å². The number of hydrogen-bond acceptors (Lipinski definition) is 3. The van der Waals surface area contributed by atoms with E-state index in [1.54, 1.807) is 20.8 Å². The van der Waals surface area contributed by atoms with Crippen molar-refractivity contribution in [1.29, 1.82) is 0 Å². The van der Waals surface area contributed by atoms with Crippen molar-refractivity contribution >= 4 is 23.5 Å². The first-order valence-corrected chi connectivity index (χ1v) is 6.03. The second kappa shape index (κ2) is 5.48. The second-order valence-corrected chi connectivity index (χ2v) is 5.56. The molecule has 1 aromatic carbocycles. The molecule has 0 aliphatic heterocycles. The molecular weight excluding hydrogens is 270 g/mol. The molecule has 0 aromatic heterocycles. The molecule has 0 unspecified atom stereocenters. The van der Waals surface area contributed by atoms with Gasteiger partial charge in [0.1, 0.15) is 5.75 Å². The average molecular weight is 286 g/mol. The van der Waals surface area contributed by atoms with Gasteiger partial charge in [-0.15, -0.1) is 0 Å². The SMILES string of the molecule is CC(C)(C)N(CC(=O)c1cc(Cl)ccc1O)C(=O)O. The van der Waals surface area contributed by atoms with Gasteiger partial charge in [0.25, 0.3) is 0 Å². The number of ketones is 1. The van der Waals surface area contributed by atoms with Crippen LogP contribution < -0.4 is 0 Å². The molecule has 0 saturated heterocycles. The lowest BCUT2D eigenvalue weighted by atomic mass is 10.0. The molecule has 0 spiro atoms. The Morgan fingerprint density at radius 2 is 1.89 bits per heavy atom. The van der Waals surface area contributed by atoms with E-state index >= 15 is 0 Å². The fourth-order valence-electron chi connectivity index (χ4n) is 1.55. The molecule has 5 nitrogen and oxygen atoms in total. The Labute approximate surface area is 116 Å². The molecule has 0 atom stereocenters. The van der Waals surface area contributed by atoms with E-state index < -0.39 is 17.4 Å². The number of hydrogen-bond donors (Lipinski definition) is 2. The molecule has 0 heterocycles. The van der Waals surface area contributed by atoms with Gasteiger partial charge in [-0.25, -0.2) is 4.79 Å². The summed E-state index contributed by atoms with van der Waals surface area (Å²) in [5, 5.41) is 19.0. The minimum absolute atomic E-state index is 0.0167. The summed E-state index contributed by atoms with van der Waals surface area (Å²) in [6.07, 6.45) is -1.19. The predicted molar refractivity (Wildman–Crippen MR) is 71.9 cm³/mol. The highest BCUT2D eigenvalue weighted by Gasteiger charge is 2.29. The van der Waals surface area contributed by atoms with Crippen molar-refractivity contribution in [1.82, 2.24) is 4.90 Å². The summed E-state index contributed by atoms with van der Waals surface area (Å²) < 4.78 is 0. The van der Waals surface area contributed by atoms with Gasteiger partial charge < -0.3 is 10.2 Å². The lowest BCUT2D eigenvalue weighted by molar-refractivity contribution is 0.0764. The predicted octanol–water partition coefficient (Wildman–Crippen LogP) is 3.01. The van der Waals surface area contributed by atoms with E-state index in [2.05, 4.69) is 0 Å². The van der Waals surface area contributed by atoms with Crippen molar-refractivity contribution in [3.8, 4) is 5.75 Å². The minimum Gasteiger partial charge on any atom is -0.507 e. The zero-order valence-corrected chi connectivity index (χ0v) is 11.7. The van der Waals surface area contributed by atoms with Gasteiger partial charge in [0.15, 0.2) is 5.78 Å². The first-order chi connectivity index (χ1) is 8.62. The normalized spacial score (nSPS) is 11.2. The Bertz CT molecular complexity index is 508. The molecule has 1 amide bonds. The van der Waals surface area contributed by atoms with Crippen molar-refractivity contribution < 1.29 is 19.8 Å². The second-order valence-electron chi connectivity index (χ2n) is 5.12. The van der Waals surface area contributed by atoms with E-state index in [0.717, 1.165) is 4.90 Å². The van der Waals surface area contributed by atoms with Crippen LogP contribution in [0.2, 0.25) is 5.02 Å². The molecule has 104 valence electrons. The van der Waals surface area contributed by atoms with Crippen LogP contribution in [-0.2, 0) is 0 Å². The number of nitrogens with zero attached hydrogens (tertiary/aromatic N) is 1. The zero-order chi connectivity index (χ0) is 14.8. The average Bonchev–Trinajstić information content (AvgIpc) is 2.26. The maximum Gasteiger partial charge on any atom is 0.408 e. The molecule has 0 radical (unpaired) electrons. The van der Waals surface area contributed by atoms with Gasteiger partial charge >= 0.3 is 6.09 Å². The molecule has 1 rings (SSSR count). The zero-order valence-electron chi connectivity index (χ0n) is 11.0. The molecule has 6 heteroatoms. The quantitative estimate of drug-likeness (QED) is 0.837. The Hall–Kier alpha value is -1.75. The molecule has 19 heavy (non-hydrogen) atoms. The van der Waals surface area contributed by atoms with Crippen LogP contribution in [0, 0.1) is 0 Å². The third kappa shape index (κ3) is 3.86. The third-order valence-electron chi connectivity index (χ3n) is 2.60. The van der Waals surface area contributed by atoms with Crippen molar-refractivity contribution in [2.45, 2.75) is 26.3 Å². The number of phenols is 1. The number of rotatable bonds is 3. The van der Waals surface area contributed by atoms with Crippen molar-refractivity contribution in [3.05, 3.63) is 28.8 Å². The van der Waals surface area contributed by atoms with Gasteiger partial charge in [-0.1, -0.05) is 11.6 Å². The molecule has 0 saturated carbocycles. The summed E-state index contributed by atoms with van der Waals surface area (Å²) in [5.74, 6) is -0.717. The first kappa shape index (κ1) is 15.3. The third-order valence-corrected chi connectivity index (χ3v) is 2.84. The van der Waals surface area contributed by atoms with Gasteiger partial charge in [-0.05, 0) is 39.0 Å². The maximum atomic E-state index is 12.1. The van der Waals surface area contributed by atoms with Crippen LogP contribution in [0.1, 0.15) is 31.1 Å². The number of carboxylic acid groups (broad SMARTS) is 1. The molecule has 0 aliphatic carbocycles. The molecule has 2 N–H and O–H groups in total. The molecule has 1 aromatic rings. The largest absolute Gasteiger partial charge is 0.507 e. The number of phenolic OH excluding ortho intramolecular Hbond substituents is 1. The van der Waals surface area contributed by atoms with Gasteiger partial charge in [-0.3, -0.25) is 9.69 Å². The topological polar surface area (TPSA) is 77.8 Å². The molecule has 0 bridgehead atoms. The smallest absolute Gasteiger partial charge is 0.408 e. The van der Waals surface area contributed by atoms with E-state index in [4.69, 9.17) is 16.7 Å². The monoisotopic (exact) mass is 285 g/mol. The Morgan fingerprint density at radius 3 is 2.37 bits per heavy atom. The summed E-state index contributed by atoms with van der Waals surface area (Å²) in [7, 11) is 0.